The number of urea groups is 1. The average molecular weight is 435 g/mol. The minimum atomic E-state index is -1.05. The van der Waals surface area contributed by atoms with Crippen molar-refractivity contribution in [2.24, 2.45) is 0 Å². The molecule has 0 aromatic heterocycles. The number of imide groups is 1. The predicted molar refractivity (Wildman–Crippen MR) is 121 cm³/mol. The van der Waals surface area contributed by atoms with Crippen LogP contribution in [0.3, 0.4) is 0 Å². The zero-order valence-corrected chi connectivity index (χ0v) is 18.6. The first kappa shape index (κ1) is 22.0. The Morgan fingerprint density at radius 1 is 1.16 bits per heavy atom. The van der Waals surface area contributed by atoms with Crippen LogP contribution in [0.5, 0.6) is 0 Å². The van der Waals surface area contributed by atoms with Crippen molar-refractivity contribution in [3.8, 4) is 0 Å². The van der Waals surface area contributed by atoms with E-state index in [9.17, 15) is 14.4 Å². The first-order chi connectivity index (χ1) is 15.4. The molecule has 2 aromatic rings. The Morgan fingerprint density at radius 3 is 2.66 bits per heavy atom. The summed E-state index contributed by atoms with van der Waals surface area (Å²) in [5.74, 6) is -0.816. The van der Waals surface area contributed by atoms with Crippen molar-refractivity contribution in [1.29, 1.82) is 0 Å². The fraction of sp³-hybridized carbons (Fsp3) is 0.400. The normalized spacial score (nSPS) is 22.6. The molecular formula is C25H30N4O3. The van der Waals surface area contributed by atoms with Crippen LogP contribution in [0.2, 0.25) is 0 Å². The van der Waals surface area contributed by atoms with Gasteiger partial charge < -0.3 is 5.32 Å². The van der Waals surface area contributed by atoms with Crippen molar-refractivity contribution < 1.29 is 14.4 Å². The van der Waals surface area contributed by atoms with Crippen molar-refractivity contribution in [2.75, 3.05) is 13.6 Å². The number of likely N-dealkylation sites (N-methyl/N-ethyl adjacent to an activating group) is 1. The molecule has 0 radical (unpaired) electrons. The fourth-order valence-corrected chi connectivity index (χ4v) is 4.68. The standard InChI is InChI=1S/C25H30N4O3/c1-25(16-15-18-9-4-3-5-10-18)23(31)29(24(32)26-25)27-22(30)17-28(2)21-14-8-12-19-11-6-7-13-20(19)21/h3-7,9-11,13,21H,8,12,14-17H2,1-2H3,(H,26,32)(H,27,30)/t21-,25-/m1/s1. The van der Waals surface area contributed by atoms with Gasteiger partial charge in [0.15, 0.2) is 0 Å². The number of rotatable bonds is 7. The second-order valence-corrected chi connectivity index (χ2v) is 8.95. The lowest BCUT2D eigenvalue weighted by atomic mass is 9.87. The van der Waals surface area contributed by atoms with Crippen LogP contribution in [0.1, 0.15) is 48.9 Å². The van der Waals surface area contributed by atoms with Gasteiger partial charge in [-0.25, -0.2) is 4.79 Å². The second-order valence-electron chi connectivity index (χ2n) is 8.95. The number of hydrazine groups is 1. The molecule has 2 aromatic carbocycles. The van der Waals surface area contributed by atoms with Crippen molar-refractivity contribution in [3.05, 3.63) is 71.3 Å². The third kappa shape index (κ3) is 4.53. The zero-order chi connectivity index (χ0) is 22.7. The fourth-order valence-electron chi connectivity index (χ4n) is 4.68. The van der Waals surface area contributed by atoms with Gasteiger partial charge in [0.1, 0.15) is 5.54 Å². The molecule has 1 fully saturated rings. The number of hydrogen-bond donors (Lipinski definition) is 2. The molecule has 32 heavy (non-hydrogen) atoms. The highest BCUT2D eigenvalue weighted by Gasteiger charge is 2.48. The van der Waals surface area contributed by atoms with Gasteiger partial charge in [-0.15, -0.1) is 0 Å². The quantitative estimate of drug-likeness (QED) is 0.657. The molecule has 7 heteroatoms. The van der Waals surface area contributed by atoms with E-state index in [1.807, 2.05) is 54.4 Å². The van der Waals surface area contributed by atoms with E-state index in [0.717, 1.165) is 29.8 Å². The summed E-state index contributed by atoms with van der Waals surface area (Å²) in [5.41, 5.74) is 5.13. The molecule has 0 unspecified atom stereocenters. The SMILES string of the molecule is CN(CC(=O)NN1C(=O)N[C@](C)(CCc2ccccc2)C1=O)[C@@H]1CCCc2ccccc21. The summed E-state index contributed by atoms with van der Waals surface area (Å²) in [5, 5.41) is 3.57. The molecule has 168 valence electrons. The van der Waals surface area contributed by atoms with Crippen LogP contribution in [-0.4, -0.2) is 46.9 Å². The highest BCUT2D eigenvalue weighted by Crippen LogP contribution is 2.33. The third-order valence-electron chi connectivity index (χ3n) is 6.52. The number of nitrogens with zero attached hydrogens (tertiary/aromatic N) is 2. The van der Waals surface area contributed by atoms with Gasteiger partial charge in [-0.2, -0.15) is 5.01 Å². The van der Waals surface area contributed by atoms with E-state index in [0.29, 0.717) is 12.8 Å². The lowest BCUT2D eigenvalue weighted by Crippen LogP contribution is -2.51. The van der Waals surface area contributed by atoms with E-state index in [1.54, 1.807) is 6.92 Å². The van der Waals surface area contributed by atoms with Gasteiger partial charge in [0, 0.05) is 6.04 Å². The molecule has 4 rings (SSSR count). The zero-order valence-electron chi connectivity index (χ0n) is 18.6. The summed E-state index contributed by atoms with van der Waals surface area (Å²) in [6, 6.07) is 17.7. The van der Waals surface area contributed by atoms with Gasteiger partial charge in [0.2, 0.25) is 0 Å². The Balaban J connectivity index is 1.36. The third-order valence-corrected chi connectivity index (χ3v) is 6.52. The Morgan fingerprint density at radius 2 is 1.88 bits per heavy atom. The maximum absolute atomic E-state index is 13.0. The average Bonchev–Trinajstić information content (AvgIpc) is 3.01. The molecule has 1 heterocycles. The summed E-state index contributed by atoms with van der Waals surface area (Å²) in [6.45, 7) is 1.80. The number of benzene rings is 2. The van der Waals surface area contributed by atoms with Crippen LogP contribution in [-0.2, 0) is 22.4 Å². The maximum Gasteiger partial charge on any atom is 0.344 e. The lowest BCUT2D eigenvalue weighted by Gasteiger charge is -2.33. The van der Waals surface area contributed by atoms with Crippen LogP contribution in [0.4, 0.5) is 4.79 Å². The van der Waals surface area contributed by atoms with E-state index in [2.05, 4.69) is 22.9 Å². The van der Waals surface area contributed by atoms with Crippen LogP contribution in [0, 0.1) is 0 Å². The lowest BCUT2D eigenvalue weighted by molar-refractivity contribution is -0.139. The highest BCUT2D eigenvalue weighted by atomic mass is 16.2. The smallest absolute Gasteiger partial charge is 0.322 e. The molecule has 7 nitrogen and oxygen atoms in total. The van der Waals surface area contributed by atoms with Gasteiger partial charge in [-0.3, -0.25) is 19.9 Å². The number of fused-ring (bicyclic) bond motifs is 1. The van der Waals surface area contributed by atoms with Crippen LogP contribution < -0.4 is 10.7 Å². The van der Waals surface area contributed by atoms with Gasteiger partial charge in [0.25, 0.3) is 11.8 Å². The number of nitrogens with one attached hydrogen (secondary N) is 2. The number of carbonyl (C=O) groups is 3. The first-order valence-corrected chi connectivity index (χ1v) is 11.2. The minimum absolute atomic E-state index is 0.0940. The van der Waals surface area contributed by atoms with Gasteiger partial charge in [0.05, 0.1) is 6.54 Å². The summed E-state index contributed by atoms with van der Waals surface area (Å²) >= 11 is 0. The predicted octanol–water partition coefficient (Wildman–Crippen LogP) is 2.97. The summed E-state index contributed by atoms with van der Waals surface area (Å²) in [4.78, 5) is 40.1. The Kier molecular flexibility index (Phi) is 6.28. The van der Waals surface area contributed by atoms with Gasteiger partial charge in [-0.1, -0.05) is 54.6 Å². The Hall–Kier alpha value is -3.19. The second kappa shape index (κ2) is 9.12. The monoisotopic (exact) mass is 434 g/mol. The molecule has 0 bridgehead atoms. The number of hydrogen-bond acceptors (Lipinski definition) is 4. The summed E-state index contributed by atoms with van der Waals surface area (Å²) in [6.07, 6.45) is 4.19. The van der Waals surface area contributed by atoms with Gasteiger partial charge >= 0.3 is 6.03 Å². The minimum Gasteiger partial charge on any atom is -0.322 e. The molecule has 4 amide bonds. The maximum atomic E-state index is 13.0. The van der Waals surface area contributed by atoms with E-state index in [1.165, 1.54) is 11.1 Å². The highest BCUT2D eigenvalue weighted by molar-refractivity contribution is 6.07. The molecule has 0 saturated carbocycles. The first-order valence-electron chi connectivity index (χ1n) is 11.2. The van der Waals surface area contributed by atoms with Gasteiger partial charge in [-0.05, 0) is 62.8 Å². The van der Waals surface area contributed by atoms with Crippen molar-refractivity contribution in [1.82, 2.24) is 20.7 Å². The Bertz CT molecular complexity index is 1010. The molecule has 1 aliphatic heterocycles. The molecule has 1 saturated heterocycles. The molecule has 2 aliphatic rings. The molecular weight excluding hydrogens is 404 g/mol. The molecule has 2 atom stereocenters. The summed E-state index contributed by atoms with van der Waals surface area (Å²) in [7, 11) is 1.90. The number of aryl methyl sites for hydroxylation is 2. The van der Waals surface area contributed by atoms with Crippen LogP contribution in [0.15, 0.2) is 54.6 Å². The van der Waals surface area contributed by atoms with Crippen molar-refractivity contribution in [3.63, 3.8) is 0 Å². The Labute approximate surface area is 188 Å². The van der Waals surface area contributed by atoms with E-state index >= 15 is 0 Å². The van der Waals surface area contributed by atoms with E-state index < -0.39 is 17.5 Å². The van der Waals surface area contributed by atoms with Crippen molar-refractivity contribution >= 4 is 17.8 Å². The number of amides is 4. The summed E-state index contributed by atoms with van der Waals surface area (Å²) < 4.78 is 0. The topological polar surface area (TPSA) is 81.8 Å². The van der Waals surface area contributed by atoms with Crippen LogP contribution in [0.25, 0.3) is 0 Å². The molecule has 1 aliphatic carbocycles. The largest absolute Gasteiger partial charge is 0.344 e. The molecule has 2 N–H and O–H groups in total. The number of carbonyl (C=O) groups excluding carboxylic acids is 3. The van der Waals surface area contributed by atoms with E-state index in [-0.39, 0.29) is 18.5 Å². The van der Waals surface area contributed by atoms with Crippen LogP contribution >= 0.6 is 0 Å². The van der Waals surface area contributed by atoms with Crippen molar-refractivity contribution in [2.45, 2.75) is 50.6 Å². The molecule has 0 spiro atoms. The van der Waals surface area contributed by atoms with E-state index in [4.69, 9.17) is 0 Å².